The van der Waals surface area contributed by atoms with Crippen molar-refractivity contribution in [2.24, 2.45) is 0 Å². The van der Waals surface area contributed by atoms with E-state index in [0.29, 0.717) is 16.3 Å². The number of benzene rings is 2. The van der Waals surface area contributed by atoms with Gasteiger partial charge in [0, 0.05) is 16.8 Å². The van der Waals surface area contributed by atoms with Crippen molar-refractivity contribution in [1.29, 1.82) is 0 Å². The van der Waals surface area contributed by atoms with E-state index in [1.165, 1.54) is 24.3 Å². The number of nitrogen functional groups attached to an aromatic ring is 1. The van der Waals surface area contributed by atoms with Crippen LogP contribution in [0.15, 0.2) is 48.5 Å². The molecule has 1 amide bonds. The van der Waals surface area contributed by atoms with Gasteiger partial charge in [0.05, 0.1) is 5.69 Å². The molecule has 20 heavy (non-hydrogen) atoms. The van der Waals surface area contributed by atoms with E-state index in [0.717, 1.165) is 0 Å². The Labute approximate surface area is 120 Å². The Balaban J connectivity index is 2.10. The maximum absolute atomic E-state index is 13.4. The molecule has 0 atom stereocenters. The van der Waals surface area contributed by atoms with Gasteiger partial charge in [-0.2, -0.15) is 0 Å². The van der Waals surface area contributed by atoms with E-state index in [2.05, 4.69) is 5.32 Å². The van der Waals surface area contributed by atoms with Crippen LogP contribution in [0.5, 0.6) is 0 Å². The van der Waals surface area contributed by atoms with Gasteiger partial charge in [0.15, 0.2) is 0 Å². The number of anilines is 2. The molecule has 2 aromatic rings. The van der Waals surface area contributed by atoms with Crippen molar-refractivity contribution in [3.8, 4) is 0 Å². The summed E-state index contributed by atoms with van der Waals surface area (Å²) in [4.78, 5) is 11.7. The first kappa shape index (κ1) is 14.1. The third kappa shape index (κ3) is 3.59. The van der Waals surface area contributed by atoms with E-state index >= 15 is 0 Å². The lowest BCUT2D eigenvalue weighted by atomic mass is 10.2. The Morgan fingerprint density at radius 2 is 2.00 bits per heavy atom. The highest BCUT2D eigenvalue weighted by atomic mass is 35.5. The highest BCUT2D eigenvalue weighted by Crippen LogP contribution is 2.18. The van der Waals surface area contributed by atoms with Crippen LogP contribution in [0.4, 0.5) is 15.8 Å². The third-order valence-electron chi connectivity index (χ3n) is 2.57. The summed E-state index contributed by atoms with van der Waals surface area (Å²) in [7, 11) is 0. The Hall–Kier alpha value is -2.33. The molecule has 0 bridgehead atoms. The van der Waals surface area contributed by atoms with Gasteiger partial charge in [-0.25, -0.2) is 4.39 Å². The number of rotatable bonds is 3. The summed E-state index contributed by atoms with van der Waals surface area (Å²) in [6.07, 6.45) is 2.84. The summed E-state index contributed by atoms with van der Waals surface area (Å²) in [6.45, 7) is 0. The smallest absolute Gasteiger partial charge is 0.248 e. The van der Waals surface area contributed by atoms with Crippen molar-refractivity contribution in [2.75, 3.05) is 11.1 Å². The van der Waals surface area contributed by atoms with Crippen LogP contribution in [-0.2, 0) is 4.79 Å². The molecule has 3 N–H and O–H groups in total. The standard InChI is InChI=1S/C15H12ClFN2O/c16-12-4-2-1-3-10(12)5-8-15(20)19-14-9-11(18)6-7-13(14)17/h1-9H,18H2,(H,19,20). The number of amides is 1. The van der Waals surface area contributed by atoms with Gasteiger partial charge in [0.25, 0.3) is 0 Å². The summed E-state index contributed by atoms with van der Waals surface area (Å²) >= 11 is 5.95. The SMILES string of the molecule is Nc1ccc(F)c(NC(=O)C=Cc2ccccc2Cl)c1. The minimum absolute atomic E-state index is 0.0406. The van der Waals surface area contributed by atoms with Crippen LogP contribution in [0.25, 0.3) is 6.08 Å². The summed E-state index contributed by atoms with van der Waals surface area (Å²) < 4.78 is 13.4. The first-order valence-electron chi connectivity index (χ1n) is 5.85. The fourth-order valence-corrected chi connectivity index (χ4v) is 1.79. The summed E-state index contributed by atoms with van der Waals surface area (Å²) in [5, 5.41) is 2.95. The maximum atomic E-state index is 13.4. The van der Waals surface area contributed by atoms with Crippen LogP contribution in [0.3, 0.4) is 0 Å². The van der Waals surface area contributed by atoms with Crippen molar-refractivity contribution in [2.45, 2.75) is 0 Å². The van der Waals surface area contributed by atoms with E-state index in [9.17, 15) is 9.18 Å². The number of hydrogen-bond acceptors (Lipinski definition) is 2. The molecule has 2 rings (SSSR count). The fourth-order valence-electron chi connectivity index (χ4n) is 1.59. The van der Waals surface area contributed by atoms with Gasteiger partial charge in [-0.1, -0.05) is 29.8 Å². The van der Waals surface area contributed by atoms with Crippen molar-refractivity contribution < 1.29 is 9.18 Å². The normalized spacial score (nSPS) is 10.7. The quantitative estimate of drug-likeness (QED) is 0.669. The average molecular weight is 291 g/mol. The van der Waals surface area contributed by atoms with Crippen molar-refractivity contribution in [3.63, 3.8) is 0 Å². The Bertz CT molecular complexity index is 671. The molecular weight excluding hydrogens is 279 g/mol. The van der Waals surface area contributed by atoms with Gasteiger partial charge >= 0.3 is 0 Å². The van der Waals surface area contributed by atoms with E-state index in [1.54, 1.807) is 30.3 Å². The molecule has 2 aromatic carbocycles. The molecule has 0 aromatic heterocycles. The Morgan fingerprint density at radius 1 is 1.25 bits per heavy atom. The minimum Gasteiger partial charge on any atom is -0.399 e. The summed E-state index contributed by atoms with van der Waals surface area (Å²) in [6, 6.07) is 11.1. The van der Waals surface area contributed by atoms with Gasteiger partial charge in [-0.15, -0.1) is 0 Å². The van der Waals surface area contributed by atoms with E-state index in [1.807, 2.05) is 0 Å². The molecule has 0 unspecified atom stereocenters. The van der Waals surface area contributed by atoms with E-state index in [-0.39, 0.29) is 5.69 Å². The number of hydrogen-bond donors (Lipinski definition) is 2. The van der Waals surface area contributed by atoms with Crippen LogP contribution in [0.2, 0.25) is 5.02 Å². The van der Waals surface area contributed by atoms with Crippen LogP contribution >= 0.6 is 11.6 Å². The molecule has 5 heteroatoms. The number of carbonyl (C=O) groups excluding carboxylic acids is 1. The van der Waals surface area contributed by atoms with Crippen LogP contribution in [-0.4, -0.2) is 5.91 Å². The zero-order valence-electron chi connectivity index (χ0n) is 10.4. The minimum atomic E-state index is -0.543. The summed E-state index contributed by atoms with van der Waals surface area (Å²) in [5.41, 5.74) is 6.65. The highest BCUT2D eigenvalue weighted by Gasteiger charge is 2.05. The molecule has 0 spiro atoms. The van der Waals surface area contributed by atoms with Gasteiger partial charge in [0.1, 0.15) is 5.82 Å². The third-order valence-corrected chi connectivity index (χ3v) is 2.91. The summed E-state index contributed by atoms with van der Waals surface area (Å²) in [5.74, 6) is -1.01. The van der Waals surface area contributed by atoms with E-state index < -0.39 is 11.7 Å². The van der Waals surface area contributed by atoms with Gasteiger partial charge in [-0.05, 0) is 35.9 Å². The molecule has 0 saturated heterocycles. The second-order valence-corrected chi connectivity index (χ2v) is 4.49. The molecule has 102 valence electrons. The monoisotopic (exact) mass is 290 g/mol. The van der Waals surface area contributed by atoms with Gasteiger partial charge < -0.3 is 11.1 Å². The molecule has 0 radical (unpaired) electrons. The Morgan fingerprint density at radius 3 is 2.75 bits per heavy atom. The first-order chi connectivity index (χ1) is 9.56. The lowest BCUT2D eigenvalue weighted by Gasteiger charge is -2.04. The number of nitrogens with one attached hydrogen (secondary N) is 1. The number of halogens is 2. The molecule has 3 nitrogen and oxygen atoms in total. The Kier molecular flexibility index (Phi) is 4.38. The van der Waals surface area contributed by atoms with Crippen molar-refractivity contribution >= 4 is 35.0 Å². The zero-order valence-corrected chi connectivity index (χ0v) is 11.2. The second kappa shape index (κ2) is 6.21. The largest absolute Gasteiger partial charge is 0.399 e. The molecule has 0 aliphatic rings. The molecule has 0 aliphatic carbocycles. The molecular formula is C15H12ClFN2O. The number of nitrogens with two attached hydrogens (primary N) is 1. The van der Waals surface area contributed by atoms with Crippen LogP contribution in [0.1, 0.15) is 5.56 Å². The lowest BCUT2D eigenvalue weighted by Crippen LogP contribution is -2.09. The number of carbonyl (C=O) groups is 1. The predicted molar refractivity (Wildman–Crippen MR) is 79.9 cm³/mol. The highest BCUT2D eigenvalue weighted by molar-refractivity contribution is 6.32. The van der Waals surface area contributed by atoms with E-state index in [4.69, 9.17) is 17.3 Å². The maximum Gasteiger partial charge on any atom is 0.248 e. The van der Waals surface area contributed by atoms with Crippen LogP contribution < -0.4 is 11.1 Å². The van der Waals surface area contributed by atoms with Crippen LogP contribution in [0, 0.1) is 5.82 Å². The van der Waals surface area contributed by atoms with Crippen molar-refractivity contribution in [3.05, 3.63) is 64.9 Å². The van der Waals surface area contributed by atoms with Gasteiger partial charge in [0.2, 0.25) is 5.91 Å². The lowest BCUT2D eigenvalue weighted by molar-refractivity contribution is -0.111. The predicted octanol–water partition coefficient (Wildman–Crippen LogP) is 3.71. The topological polar surface area (TPSA) is 55.1 Å². The zero-order chi connectivity index (χ0) is 14.5. The average Bonchev–Trinajstić information content (AvgIpc) is 2.42. The molecule has 0 fully saturated rings. The molecule has 0 saturated carbocycles. The van der Waals surface area contributed by atoms with Crippen molar-refractivity contribution in [1.82, 2.24) is 0 Å². The fraction of sp³-hybridized carbons (Fsp3) is 0. The molecule has 0 heterocycles. The molecule has 0 aliphatic heterocycles. The van der Waals surface area contributed by atoms with Gasteiger partial charge in [-0.3, -0.25) is 4.79 Å². The second-order valence-electron chi connectivity index (χ2n) is 4.08. The first-order valence-corrected chi connectivity index (χ1v) is 6.22.